The molecule has 1 aromatic carbocycles. The van der Waals surface area contributed by atoms with E-state index in [9.17, 15) is 8.42 Å². The van der Waals surface area contributed by atoms with Crippen molar-refractivity contribution >= 4 is 21.6 Å². The van der Waals surface area contributed by atoms with Crippen molar-refractivity contribution in [3.05, 3.63) is 34.9 Å². The van der Waals surface area contributed by atoms with Crippen LogP contribution >= 0.6 is 11.6 Å². The van der Waals surface area contributed by atoms with Crippen LogP contribution in [0.4, 0.5) is 0 Å². The van der Waals surface area contributed by atoms with Crippen LogP contribution in [0.1, 0.15) is 25.5 Å². The van der Waals surface area contributed by atoms with Crippen molar-refractivity contribution in [1.29, 1.82) is 5.26 Å². The van der Waals surface area contributed by atoms with Crippen molar-refractivity contribution in [3.8, 4) is 6.07 Å². The zero-order valence-corrected chi connectivity index (χ0v) is 11.1. The summed E-state index contributed by atoms with van der Waals surface area (Å²) in [4.78, 5) is 0. The second-order valence-electron chi connectivity index (χ2n) is 3.71. The molecule has 0 radical (unpaired) electrons. The van der Waals surface area contributed by atoms with E-state index in [2.05, 4.69) is 4.72 Å². The van der Waals surface area contributed by atoms with Gasteiger partial charge >= 0.3 is 0 Å². The van der Waals surface area contributed by atoms with Gasteiger partial charge in [-0.3, -0.25) is 0 Å². The average Bonchev–Trinajstić information content (AvgIpc) is 2.28. The number of hydrogen-bond acceptors (Lipinski definition) is 3. The van der Waals surface area contributed by atoms with Crippen LogP contribution in [0.25, 0.3) is 0 Å². The average molecular weight is 273 g/mol. The SMILES string of the molecule is CC(NS(=O)(=O)C(C)C#N)c1ccc(Cl)cc1. The van der Waals surface area contributed by atoms with E-state index in [1.54, 1.807) is 37.3 Å². The molecule has 1 aromatic rings. The minimum Gasteiger partial charge on any atom is -0.211 e. The Hall–Kier alpha value is -1.09. The van der Waals surface area contributed by atoms with E-state index in [1.807, 2.05) is 0 Å². The highest BCUT2D eigenvalue weighted by atomic mass is 35.5. The second-order valence-corrected chi connectivity index (χ2v) is 6.18. The van der Waals surface area contributed by atoms with Gasteiger partial charge in [0, 0.05) is 11.1 Å². The molecule has 0 bridgehead atoms. The lowest BCUT2D eigenvalue weighted by molar-refractivity contribution is 0.562. The van der Waals surface area contributed by atoms with E-state index in [1.165, 1.54) is 6.92 Å². The van der Waals surface area contributed by atoms with Gasteiger partial charge in [-0.1, -0.05) is 23.7 Å². The first-order chi connectivity index (χ1) is 7.86. The lowest BCUT2D eigenvalue weighted by Gasteiger charge is -2.15. The first-order valence-corrected chi connectivity index (χ1v) is 6.95. The van der Waals surface area contributed by atoms with Crippen molar-refractivity contribution in [2.45, 2.75) is 25.1 Å². The Morgan fingerprint density at radius 1 is 1.29 bits per heavy atom. The van der Waals surface area contributed by atoms with Crippen molar-refractivity contribution < 1.29 is 8.42 Å². The highest BCUT2D eigenvalue weighted by molar-refractivity contribution is 7.90. The predicted molar refractivity (Wildman–Crippen MR) is 67.0 cm³/mol. The number of nitrogens with zero attached hydrogens (tertiary/aromatic N) is 1. The molecule has 6 heteroatoms. The van der Waals surface area contributed by atoms with E-state index in [0.29, 0.717) is 5.02 Å². The summed E-state index contributed by atoms with van der Waals surface area (Å²) in [6.07, 6.45) is 0. The molecular formula is C11H13ClN2O2S. The fourth-order valence-corrected chi connectivity index (χ4v) is 2.34. The maximum absolute atomic E-state index is 11.7. The zero-order chi connectivity index (χ0) is 13.1. The molecule has 92 valence electrons. The van der Waals surface area contributed by atoms with Gasteiger partial charge in [0.1, 0.15) is 0 Å². The molecule has 1 N–H and O–H groups in total. The Balaban J connectivity index is 2.84. The van der Waals surface area contributed by atoms with E-state index >= 15 is 0 Å². The summed E-state index contributed by atoms with van der Waals surface area (Å²) in [6, 6.07) is 8.17. The summed E-state index contributed by atoms with van der Waals surface area (Å²) in [5, 5.41) is 8.12. The van der Waals surface area contributed by atoms with Crippen LogP contribution < -0.4 is 4.72 Å². The number of nitrogens with one attached hydrogen (secondary N) is 1. The quantitative estimate of drug-likeness (QED) is 0.914. The molecule has 0 saturated carbocycles. The van der Waals surface area contributed by atoms with E-state index in [0.717, 1.165) is 5.56 Å². The molecular weight excluding hydrogens is 260 g/mol. The third-order valence-corrected chi connectivity index (χ3v) is 4.33. The van der Waals surface area contributed by atoms with Crippen LogP contribution in [0.15, 0.2) is 24.3 Å². The maximum atomic E-state index is 11.7. The van der Waals surface area contributed by atoms with Gasteiger partial charge in [0.15, 0.2) is 5.25 Å². The van der Waals surface area contributed by atoms with Crippen molar-refractivity contribution in [2.24, 2.45) is 0 Å². The Kier molecular flexibility index (Phi) is 4.52. The Morgan fingerprint density at radius 2 is 1.82 bits per heavy atom. The molecule has 0 aliphatic rings. The van der Waals surface area contributed by atoms with Crippen LogP contribution in [0.2, 0.25) is 5.02 Å². The molecule has 1 rings (SSSR count). The van der Waals surface area contributed by atoms with Gasteiger partial charge in [-0.25, -0.2) is 13.1 Å². The molecule has 0 amide bonds. The standard InChI is InChI=1S/C11H13ClN2O2S/c1-8(7-13)17(15,16)14-9(2)10-3-5-11(12)6-4-10/h3-6,8-9,14H,1-2H3. The van der Waals surface area contributed by atoms with Crippen LogP contribution in [-0.2, 0) is 10.0 Å². The number of nitriles is 1. The van der Waals surface area contributed by atoms with Crippen LogP contribution in [0.5, 0.6) is 0 Å². The van der Waals surface area contributed by atoms with Gasteiger partial charge in [0.25, 0.3) is 0 Å². The smallest absolute Gasteiger partial charge is 0.211 e. The summed E-state index contributed by atoms with van der Waals surface area (Å²) >= 11 is 5.74. The number of sulfonamides is 1. The molecule has 0 aliphatic heterocycles. The summed E-state index contributed by atoms with van der Waals surface area (Å²) in [5.74, 6) is 0. The van der Waals surface area contributed by atoms with Gasteiger partial charge in [0.05, 0.1) is 6.07 Å². The fourth-order valence-electron chi connectivity index (χ4n) is 1.24. The summed E-state index contributed by atoms with van der Waals surface area (Å²) < 4.78 is 25.8. The number of benzene rings is 1. The highest BCUT2D eigenvalue weighted by Gasteiger charge is 2.22. The number of halogens is 1. The molecule has 0 heterocycles. The lowest BCUT2D eigenvalue weighted by Crippen LogP contribution is -2.33. The topological polar surface area (TPSA) is 70.0 Å². The highest BCUT2D eigenvalue weighted by Crippen LogP contribution is 2.17. The summed E-state index contributed by atoms with van der Waals surface area (Å²) in [6.45, 7) is 3.06. The maximum Gasteiger partial charge on any atom is 0.228 e. The normalized spacial score (nSPS) is 14.9. The van der Waals surface area contributed by atoms with Gasteiger partial charge in [-0.2, -0.15) is 5.26 Å². The molecule has 17 heavy (non-hydrogen) atoms. The van der Waals surface area contributed by atoms with E-state index in [4.69, 9.17) is 16.9 Å². The third-order valence-electron chi connectivity index (χ3n) is 2.36. The predicted octanol–water partition coefficient (Wildman–Crippen LogP) is 2.23. The number of rotatable bonds is 4. The van der Waals surface area contributed by atoms with Crippen LogP contribution in [0, 0.1) is 11.3 Å². The third kappa shape index (κ3) is 3.70. The van der Waals surface area contributed by atoms with Gasteiger partial charge < -0.3 is 0 Å². The molecule has 0 spiro atoms. The van der Waals surface area contributed by atoms with Gasteiger partial charge in [-0.05, 0) is 31.5 Å². The summed E-state index contributed by atoms with van der Waals surface area (Å²) in [7, 11) is -3.61. The molecule has 0 fully saturated rings. The van der Waals surface area contributed by atoms with Crippen LogP contribution in [0.3, 0.4) is 0 Å². The first-order valence-electron chi connectivity index (χ1n) is 5.03. The van der Waals surface area contributed by atoms with Crippen LogP contribution in [-0.4, -0.2) is 13.7 Å². The summed E-state index contributed by atoms with van der Waals surface area (Å²) in [5.41, 5.74) is 0.795. The number of hydrogen-bond donors (Lipinski definition) is 1. The minimum absolute atomic E-state index is 0.395. The fraction of sp³-hybridized carbons (Fsp3) is 0.364. The minimum atomic E-state index is -3.61. The Bertz CT molecular complexity index is 519. The van der Waals surface area contributed by atoms with Crippen molar-refractivity contribution in [2.75, 3.05) is 0 Å². The molecule has 0 aliphatic carbocycles. The van der Waals surface area contributed by atoms with Crippen molar-refractivity contribution in [3.63, 3.8) is 0 Å². The van der Waals surface area contributed by atoms with E-state index in [-0.39, 0.29) is 0 Å². The Labute approximate surface area is 106 Å². The molecule has 2 atom stereocenters. The van der Waals surface area contributed by atoms with E-state index < -0.39 is 21.3 Å². The first kappa shape index (κ1) is 14.0. The second kappa shape index (κ2) is 5.50. The molecule has 2 unspecified atom stereocenters. The van der Waals surface area contributed by atoms with Gasteiger partial charge in [0.2, 0.25) is 10.0 Å². The van der Waals surface area contributed by atoms with Gasteiger partial charge in [-0.15, -0.1) is 0 Å². The molecule has 4 nitrogen and oxygen atoms in total. The largest absolute Gasteiger partial charge is 0.228 e. The molecule has 0 saturated heterocycles. The lowest BCUT2D eigenvalue weighted by atomic mass is 10.1. The zero-order valence-electron chi connectivity index (χ0n) is 9.51. The molecule has 0 aromatic heterocycles. The Morgan fingerprint density at radius 3 is 2.29 bits per heavy atom. The monoisotopic (exact) mass is 272 g/mol. The van der Waals surface area contributed by atoms with Crippen molar-refractivity contribution in [1.82, 2.24) is 4.72 Å².